The van der Waals surface area contributed by atoms with Gasteiger partial charge in [0.2, 0.25) is 5.88 Å². The molecule has 3 aromatic heterocycles. The minimum atomic E-state index is -2.95. The highest BCUT2D eigenvalue weighted by atomic mass is 19.3. The Balaban J connectivity index is 1.49. The number of nitrogens with two attached hydrogens (primary N) is 1. The van der Waals surface area contributed by atoms with Gasteiger partial charge in [0.25, 0.3) is 0 Å². The predicted octanol–water partition coefficient (Wildman–Crippen LogP) is 1.53. The molecule has 12 heteroatoms. The van der Waals surface area contributed by atoms with Gasteiger partial charge < -0.3 is 15.8 Å². The minimum absolute atomic E-state index is 0.237. The van der Waals surface area contributed by atoms with E-state index in [1.807, 2.05) is 0 Å². The van der Waals surface area contributed by atoms with Crippen LogP contribution in [0.2, 0.25) is 0 Å². The van der Waals surface area contributed by atoms with Crippen LogP contribution in [0.15, 0.2) is 18.5 Å². The molecule has 1 fully saturated rings. The molecule has 0 amide bonds. The van der Waals surface area contributed by atoms with E-state index in [9.17, 15) is 8.78 Å². The number of rotatable bonds is 6. The van der Waals surface area contributed by atoms with E-state index < -0.39 is 12.2 Å². The Hall–Kier alpha value is -3.33. The molecule has 0 spiro atoms. The van der Waals surface area contributed by atoms with Crippen molar-refractivity contribution in [3.05, 3.63) is 18.5 Å². The first kappa shape index (κ1) is 17.1. The third-order valence-corrected chi connectivity index (χ3v) is 4.33. The number of fused-ring (bicyclic) bond motifs is 1. The largest absolute Gasteiger partial charge is 0.415 e. The van der Waals surface area contributed by atoms with Gasteiger partial charge in [0, 0.05) is 12.6 Å². The molecule has 3 heterocycles. The van der Waals surface area contributed by atoms with Gasteiger partial charge in [0.05, 0.1) is 18.5 Å². The quantitative estimate of drug-likeness (QED) is 0.588. The highest BCUT2D eigenvalue weighted by Gasteiger charge is 2.41. The summed E-state index contributed by atoms with van der Waals surface area (Å²) in [5.74, 6) is 0.721. The van der Waals surface area contributed by atoms with Crippen LogP contribution in [0.4, 0.5) is 20.4 Å². The Morgan fingerprint density at radius 1 is 1.48 bits per heavy atom. The second-order valence-corrected chi connectivity index (χ2v) is 6.46. The molecule has 0 aromatic carbocycles. The summed E-state index contributed by atoms with van der Waals surface area (Å²) in [6, 6.07) is 3.40. The number of ether oxygens (including phenoxy) is 1. The Morgan fingerprint density at radius 3 is 3.04 bits per heavy atom. The summed E-state index contributed by atoms with van der Waals surface area (Å²) in [5.41, 5.74) is 6.32. The number of halogens is 2. The van der Waals surface area contributed by atoms with Crippen LogP contribution < -0.4 is 15.8 Å². The van der Waals surface area contributed by atoms with Crippen molar-refractivity contribution in [1.29, 1.82) is 5.26 Å². The van der Waals surface area contributed by atoms with Crippen molar-refractivity contribution < 1.29 is 13.5 Å². The third kappa shape index (κ3) is 3.49. The molecule has 4 N–H and O–H groups in total. The number of nitrogens with one attached hydrogen (secondary N) is 2. The van der Waals surface area contributed by atoms with Crippen molar-refractivity contribution in [2.75, 3.05) is 5.32 Å². The van der Waals surface area contributed by atoms with Crippen LogP contribution in [-0.4, -0.2) is 42.1 Å². The van der Waals surface area contributed by atoms with Crippen molar-refractivity contribution in [2.24, 2.45) is 11.7 Å². The smallest absolute Gasteiger partial charge is 0.388 e. The highest BCUT2D eigenvalue weighted by molar-refractivity contribution is 5.71. The van der Waals surface area contributed by atoms with Gasteiger partial charge in [-0.2, -0.15) is 19.1 Å². The molecular weight excluding hydrogens is 360 g/mol. The van der Waals surface area contributed by atoms with Crippen molar-refractivity contribution >= 4 is 22.8 Å². The summed E-state index contributed by atoms with van der Waals surface area (Å²) in [4.78, 5) is 8.74. The van der Waals surface area contributed by atoms with Gasteiger partial charge in [0.1, 0.15) is 16.9 Å². The topological polar surface area (TPSA) is 143 Å². The van der Waals surface area contributed by atoms with Crippen LogP contribution in [-0.2, 0) is 6.54 Å². The molecule has 1 saturated carbocycles. The number of nitrogens with zero attached hydrogens (tertiary/aromatic N) is 6. The number of hydrogen-bond acceptors (Lipinski definition) is 8. The second-order valence-electron chi connectivity index (χ2n) is 6.46. The van der Waals surface area contributed by atoms with E-state index in [-0.39, 0.29) is 11.8 Å². The van der Waals surface area contributed by atoms with Gasteiger partial charge in [0.15, 0.2) is 11.5 Å². The lowest BCUT2D eigenvalue weighted by atomic mass is 9.70. The van der Waals surface area contributed by atoms with E-state index in [0.29, 0.717) is 42.2 Å². The number of aromatic amines is 1. The maximum atomic E-state index is 12.2. The van der Waals surface area contributed by atoms with Crippen molar-refractivity contribution in [1.82, 2.24) is 29.9 Å². The van der Waals surface area contributed by atoms with E-state index in [2.05, 4.69) is 41.4 Å². The van der Waals surface area contributed by atoms with Crippen LogP contribution in [0.5, 0.6) is 5.88 Å². The zero-order valence-electron chi connectivity index (χ0n) is 13.9. The van der Waals surface area contributed by atoms with Crippen molar-refractivity contribution in [2.45, 2.75) is 31.5 Å². The van der Waals surface area contributed by atoms with Gasteiger partial charge >= 0.3 is 6.61 Å². The fraction of sp³-hybridized carbons (Fsp3) is 0.400. The summed E-state index contributed by atoms with van der Waals surface area (Å²) in [7, 11) is 0. The molecule has 0 radical (unpaired) electrons. The van der Waals surface area contributed by atoms with Crippen LogP contribution in [0.3, 0.4) is 0 Å². The molecule has 140 valence electrons. The lowest BCUT2D eigenvalue weighted by Crippen LogP contribution is -2.51. The summed E-state index contributed by atoms with van der Waals surface area (Å²) in [6.45, 7) is -2.37. The van der Waals surface area contributed by atoms with Crippen LogP contribution >= 0.6 is 0 Å². The highest BCUT2D eigenvalue weighted by Crippen LogP contribution is 2.36. The van der Waals surface area contributed by atoms with Crippen molar-refractivity contribution in [3.63, 3.8) is 0 Å². The SMILES string of the molecule is N#CC1(N)CC(Cn2ncc3ncc(Nc4cc(OC(F)F)n[nH]4)nc32)C1. The molecule has 0 atom stereocenters. The van der Waals surface area contributed by atoms with Crippen LogP contribution in [0.25, 0.3) is 11.2 Å². The van der Waals surface area contributed by atoms with E-state index >= 15 is 0 Å². The lowest BCUT2D eigenvalue weighted by Gasteiger charge is -2.39. The number of anilines is 2. The Bertz CT molecular complexity index is 1000. The molecule has 0 aliphatic heterocycles. The first-order valence-corrected chi connectivity index (χ1v) is 8.10. The summed E-state index contributed by atoms with van der Waals surface area (Å²) >= 11 is 0. The maximum absolute atomic E-state index is 12.2. The number of alkyl halides is 2. The summed E-state index contributed by atoms with van der Waals surface area (Å²) in [5, 5.41) is 22.3. The minimum Gasteiger partial charge on any atom is -0.415 e. The zero-order valence-corrected chi connectivity index (χ0v) is 13.9. The summed E-state index contributed by atoms with van der Waals surface area (Å²) in [6.07, 6.45) is 4.32. The number of nitriles is 1. The van der Waals surface area contributed by atoms with E-state index in [4.69, 9.17) is 11.0 Å². The fourth-order valence-electron chi connectivity index (χ4n) is 3.14. The molecule has 27 heavy (non-hydrogen) atoms. The lowest BCUT2D eigenvalue weighted by molar-refractivity contribution is -0.0528. The van der Waals surface area contributed by atoms with Gasteiger partial charge in [-0.3, -0.25) is 5.10 Å². The second kappa shape index (κ2) is 6.44. The monoisotopic (exact) mass is 375 g/mol. The first-order chi connectivity index (χ1) is 12.9. The van der Waals surface area contributed by atoms with Crippen molar-refractivity contribution in [3.8, 4) is 11.9 Å². The average molecular weight is 375 g/mol. The molecule has 0 bridgehead atoms. The molecular formula is C15H15F2N9O. The average Bonchev–Trinajstić information content (AvgIpc) is 3.20. The van der Waals surface area contributed by atoms with Gasteiger partial charge in [-0.1, -0.05) is 0 Å². The molecule has 1 aliphatic rings. The van der Waals surface area contributed by atoms with E-state index in [0.717, 1.165) is 0 Å². The van der Waals surface area contributed by atoms with Crippen LogP contribution in [0, 0.1) is 17.2 Å². The van der Waals surface area contributed by atoms with Gasteiger partial charge in [-0.05, 0) is 18.8 Å². The Labute approximate surface area is 151 Å². The zero-order chi connectivity index (χ0) is 19.0. The van der Waals surface area contributed by atoms with Crippen LogP contribution in [0.1, 0.15) is 12.8 Å². The number of aromatic nitrogens is 6. The fourth-order valence-corrected chi connectivity index (χ4v) is 3.14. The normalized spacial score (nSPS) is 21.8. The molecule has 0 unspecified atom stereocenters. The van der Waals surface area contributed by atoms with Gasteiger partial charge in [-0.25, -0.2) is 14.6 Å². The molecule has 3 aromatic rings. The third-order valence-electron chi connectivity index (χ3n) is 4.33. The standard InChI is InChI=1S/C15H15F2N9O/c16-14(17)27-12-1-10(24-25-12)22-11-5-20-9-4-21-26(13(9)23-11)6-8-2-15(19,3-8)7-18/h1,4-5,8,14H,2-3,6,19H2,(H2,22,23,24,25). The molecule has 1 aliphatic carbocycles. The Kier molecular flexibility index (Phi) is 4.08. The molecule has 4 rings (SSSR count). The number of hydrogen-bond donors (Lipinski definition) is 3. The molecule has 10 nitrogen and oxygen atoms in total. The first-order valence-electron chi connectivity index (χ1n) is 8.10. The van der Waals surface area contributed by atoms with E-state index in [1.165, 1.54) is 12.3 Å². The molecule has 0 saturated heterocycles. The van der Waals surface area contributed by atoms with Gasteiger partial charge in [-0.15, -0.1) is 5.10 Å². The maximum Gasteiger partial charge on any atom is 0.388 e. The predicted molar refractivity (Wildman–Crippen MR) is 89.1 cm³/mol. The summed E-state index contributed by atoms with van der Waals surface area (Å²) < 4.78 is 30.3. The number of H-pyrrole nitrogens is 1. The van der Waals surface area contributed by atoms with E-state index in [1.54, 1.807) is 10.9 Å². The Morgan fingerprint density at radius 2 is 2.30 bits per heavy atom.